The van der Waals surface area contributed by atoms with Crippen molar-refractivity contribution in [1.29, 1.82) is 0 Å². The maximum Gasteiger partial charge on any atom is 0.322 e. The number of amides is 2. The van der Waals surface area contributed by atoms with E-state index in [0.29, 0.717) is 17.8 Å². The lowest BCUT2D eigenvalue weighted by Crippen LogP contribution is -2.49. The first-order chi connectivity index (χ1) is 9.13. The monoisotopic (exact) mass is 262 g/mol. The summed E-state index contributed by atoms with van der Waals surface area (Å²) in [5.74, 6) is 0.688. The van der Waals surface area contributed by atoms with Crippen LogP contribution in [0.15, 0.2) is 24.3 Å². The van der Waals surface area contributed by atoms with E-state index in [2.05, 4.69) is 19.2 Å². The Labute approximate surface area is 114 Å². The highest BCUT2D eigenvalue weighted by Gasteiger charge is 2.29. The van der Waals surface area contributed by atoms with Gasteiger partial charge >= 0.3 is 6.03 Å². The van der Waals surface area contributed by atoms with E-state index in [9.17, 15) is 4.79 Å². The second-order valence-corrected chi connectivity index (χ2v) is 5.17. The Morgan fingerprint density at radius 2 is 1.89 bits per heavy atom. The lowest BCUT2D eigenvalue weighted by molar-refractivity contribution is 0.133. The Morgan fingerprint density at radius 3 is 2.53 bits per heavy atom. The molecular weight excluding hydrogens is 240 g/mol. The maximum atomic E-state index is 12.4. The highest BCUT2D eigenvalue weighted by molar-refractivity contribution is 5.91. The average Bonchev–Trinajstić information content (AvgIpc) is 2.39. The van der Waals surface area contributed by atoms with Gasteiger partial charge in [0.1, 0.15) is 5.75 Å². The summed E-state index contributed by atoms with van der Waals surface area (Å²) < 4.78 is 5.25. The van der Waals surface area contributed by atoms with Crippen LogP contribution in [0.25, 0.3) is 0 Å². The number of rotatable bonds is 2. The fraction of sp³-hybridized carbons (Fsp3) is 0.533. The first-order valence-corrected chi connectivity index (χ1v) is 6.86. The molecule has 1 saturated heterocycles. The largest absolute Gasteiger partial charge is 0.495 e. The van der Waals surface area contributed by atoms with Gasteiger partial charge in [-0.25, -0.2) is 4.79 Å². The third-order valence-corrected chi connectivity index (χ3v) is 3.78. The number of hydrogen-bond donors (Lipinski definition) is 1. The normalized spacial score (nSPS) is 23.0. The van der Waals surface area contributed by atoms with Crippen LogP contribution in [-0.2, 0) is 0 Å². The number of piperidine rings is 1. The number of urea groups is 1. The van der Waals surface area contributed by atoms with Crippen molar-refractivity contribution in [2.45, 2.75) is 45.2 Å². The van der Waals surface area contributed by atoms with Gasteiger partial charge in [0.25, 0.3) is 0 Å². The summed E-state index contributed by atoms with van der Waals surface area (Å²) in [5, 5.41) is 2.95. The molecule has 1 heterocycles. The molecule has 1 aromatic rings. The van der Waals surface area contributed by atoms with Gasteiger partial charge in [0.2, 0.25) is 0 Å². The number of para-hydroxylation sites is 2. The molecule has 104 valence electrons. The minimum atomic E-state index is -0.0378. The fourth-order valence-corrected chi connectivity index (χ4v) is 2.75. The topological polar surface area (TPSA) is 41.6 Å². The first-order valence-electron chi connectivity index (χ1n) is 6.86. The van der Waals surface area contributed by atoms with Crippen molar-refractivity contribution in [3.8, 4) is 5.75 Å². The molecule has 1 aromatic carbocycles. The van der Waals surface area contributed by atoms with E-state index in [-0.39, 0.29) is 6.03 Å². The number of likely N-dealkylation sites (tertiary alicyclic amines) is 1. The van der Waals surface area contributed by atoms with Gasteiger partial charge in [-0.15, -0.1) is 0 Å². The van der Waals surface area contributed by atoms with Crippen LogP contribution >= 0.6 is 0 Å². The number of hydrogen-bond acceptors (Lipinski definition) is 2. The van der Waals surface area contributed by atoms with Crippen LogP contribution in [0.5, 0.6) is 5.75 Å². The van der Waals surface area contributed by atoms with E-state index >= 15 is 0 Å². The van der Waals surface area contributed by atoms with E-state index in [4.69, 9.17) is 4.74 Å². The van der Waals surface area contributed by atoms with Gasteiger partial charge in [0.15, 0.2) is 0 Å². The average molecular weight is 262 g/mol. The molecule has 19 heavy (non-hydrogen) atoms. The molecule has 4 heteroatoms. The van der Waals surface area contributed by atoms with Crippen LogP contribution < -0.4 is 10.1 Å². The number of nitrogens with one attached hydrogen (secondary N) is 1. The Kier molecular flexibility index (Phi) is 4.30. The van der Waals surface area contributed by atoms with Crippen LogP contribution in [0.1, 0.15) is 33.1 Å². The Bertz CT molecular complexity index is 438. The zero-order valence-electron chi connectivity index (χ0n) is 11.8. The molecule has 1 aliphatic rings. The molecule has 1 fully saturated rings. The zero-order chi connectivity index (χ0) is 13.8. The summed E-state index contributed by atoms with van der Waals surface area (Å²) >= 11 is 0. The molecule has 0 aliphatic carbocycles. The summed E-state index contributed by atoms with van der Waals surface area (Å²) in [6, 6.07) is 8.03. The molecule has 2 rings (SSSR count). The van der Waals surface area contributed by atoms with Crippen LogP contribution in [0.2, 0.25) is 0 Å². The summed E-state index contributed by atoms with van der Waals surface area (Å²) in [5.41, 5.74) is 0.722. The van der Waals surface area contributed by atoms with Crippen LogP contribution in [0.3, 0.4) is 0 Å². The highest BCUT2D eigenvalue weighted by atomic mass is 16.5. The molecule has 2 amide bonds. The smallest absolute Gasteiger partial charge is 0.322 e. The minimum absolute atomic E-state index is 0.0378. The maximum absolute atomic E-state index is 12.4. The van der Waals surface area contributed by atoms with Gasteiger partial charge in [-0.1, -0.05) is 12.1 Å². The van der Waals surface area contributed by atoms with Crippen molar-refractivity contribution in [1.82, 2.24) is 4.90 Å². The molecule has 0 radical (unpaired) electrons. The predicted octanol–water partition coefficient (Wildman–Crippen LogP) is 3.49. The fourth-order valence-electron chi connectivity index (χ4n) is 2.75. The molecule has 0 unspecified atom stereocenters. The molecule has 1 N–H and O–H groups in total. The molecule has 1 aliphatic heterocycles. The predicted molar refractivity (Wildman–Crippen MR) is 76.6 cm³/mol. The summed E-state index contributed by atoms with van der Waals surface area (Å²) in [6.45, 7) is 4.22. The third kappa shape index (κ3) is 3.00. The van der Waals surface area contributed by atoms with Crippen molar-refractivity contribution in [2.75, 3.05) is 12.4 Å². The van der Waals surface area contributed by atoms with E-state index in [1.54, 1.807) is 7.11 Å². The zero-order valence-corrected chi connectivity index (χ0v) is 11.8. The van der Waals surface area contributed by atoms with Gasteiger partial charge in [-0.05, 0) is 45.2 Å². The van der Waals surface area contributed by atoms with E-state index in [1.807, 2.05) is 29.2 Å². The number of carbonyl (C=O) groups excluding carboxylic acids is 1. The van der Waals surface area contributed by atoms with Gasteiger partial charge < -0.3 is 15.0 Å². The Hall–Kier alpha value is -1.71. The second kappa shape index (κ2) is 5.95. The molecule has 2 atom stereocenters. The van der Waals surface area contributed by atoms with Crippen molar-refractivity contribution >= 4 is 11.7 Å². The summed E-state index contributed by atoms with van der Waals surface area (Å²) in [4.78, 5) is 14.4. The highest BCUT2D eigenvalue weighted by Crippen LogP contribution is 2.26. The Morgan fingerprint density at radius 1 is 1.26 bits per heavy atom. The number of anilines is 1. The van der Waals surface area contributed by atoms with Crippen molar-refractivity contribution in [3.05, 3.63) is 24.3 Å². The second-order valence-electron chi connectivity index (χ2n) is 5.17. The van der Waals surface area contributed by atoms with Gasteiger partial charge in [-0.3, -0.25) is 0 Å². The van der Waals surface area contributed by atoms with Gasteiger partial charge in [0.05, 0.1) is 12.8 Å². The number of nitrogens with zero attached hydrogens (tertiary/aromatic N) is 1. The van der Waals surface area contributed by atoms with Crippen LogP contribution in [-0.4, -0.2) is 30.1 Å². The standard InChI is InChI=1S/C15H22N2O2/c1-11-7-6-8-12(2)17(11)15(18)16-13-9-4-5-10-14(13)19-3/h4-5,9-12H,6-8H2,1-3H3,(H,16,18)/t11-,12-/m0/s1. The molecule has 0 bridgehead atoms. The van der Waals surface area contributed by atoms with Crippen molar-refractivity contribution in [3.63, 3.8) is 0 Å². The lowest BCUT2D eigenvalue weighted by Gasteiger charge is -2.38. The van der Waals surface area contributed by atoms with E-state index < -0.39 is 0 Å². The number of carbonyl (C=O) groups is 1. The number of ether oxygens (including phenoxy) is 1. The first kappa shape index (κ1) is 13.7. The molecule has 0 aromatic heterocycles. The molecular formula is C15H22N2O2. The molecule has 0 spiro atoms. The van der Waals surface area contributed by atoms with Crippen LogP contribution in [0, 0.1) is 0 Å². The quantitative estimate of drug-likeness (QED) is 0.886. The van der Waals surface area contributed by atoms with E-state index in [1.165, 1.54) is 6.42 Å². The van der Waals surface area contributed by atoms with Crippen molar-refractivity contribution < 1.29 is 9.53 Å². The minimum Gasteiger partial charge on any atom is -0.495 e. The van der Waals surface area contributed by atoms with Crippen LogP contribution in [0.4, 0.5) is 10.5 Å². The number of methoxy groups -OCH3 is 1. The molecule has 4 nitrogen and oxygen atoms in total. The van der Waals surface area contributed by atoms with E-state index in [0.717, 1.165) is 18.5 Å². The number of benzene rings is 1. The lowest BCUT2D eigenvalue weighted by atomic mass is 9.98. The van der Waals surface area contributed by atoms with Gasteiger partial charge in [-0.2, -0.15) is 0 Å². The third-order valence-electron chi connectivity index (χ3n) is 3.78. The van der Waals surface area contributed by atoms with Crippen molar-refractivity contribution in [2.24, 2.45) is 0 Å². The molecule has 0 saturated carbocycles. The SMILES string of the molecule is COc1ccccc1NC(=O)N1[C@@H](C)CCC[C@@H]1C. The summed E-state index contributed by atoms with van der Waals surface area (Å²) in [6.07, 6.45) is 3.34. The summed E-state index contributed by atoms with van der Waals surface area (Å²) in [7, 11) is 1.61. The Balaban J connectivity index is 2.11. The van der Waals surface area contributed by atoms with Gasteiger partial charge in [0, 0.05) is 12.1 Å².